The topological polar surface area (TPSA) is 137 Å². The molecule has 0 saturated heterocycles. The van der Waals surface area contributed by atoms with Crippen LogP contribution in [0.5, 0.6) is 0 Å². The van der Waals surface area contributed by atoms with Crippen molar-refractivity contribution in [2.45, 2.75) is 56.1 Å². The number of rotatable bonds is 5. The fraction of sp³-hybridized carbons (Fsp3) is 0.474. The number of carbonyl (C=O) groups excluding carboxylic acids is 1. The van der Waals surface area contributed by atoms with Gasteiger partial charge in [0.2, 0.25) is 10.0 Å². The second kappa shape index (κ2) is 8.15. The quantitative estimate of drug-likeness (QED) is 0.488. The Hall–Kier alpha value is -2.79. The first kappa shape index (κ1) is 20.5. The fourth-order valence-corrected chi connectivity index (χ4v) is 4.91. The van der Waals surface area contributed by atoms with Crippen LogP contribution in [0.1, 0.15) is 44.7 Å². The van der Waals surface area contributed by atoms with Crippen LogP contribution in [0.4, 0.5) is 22.0 Å². The summed E-state index contributed by atoms with van der Waals surface area (Å²) < 4.78 is 32.3. The third kappa shape index (κ3) is 4.51. The SMILES string of the molecule is CC(C)NC(=O)O[C@@H]1CC[C@H](c2cc(Nc3ccc4c(c3)S(=O)(=O)NCN4)n[nH]2)C1. The van der Waals surface area contributed by atoms with Gasteiger partial charge in [0.1, 0.15) is 11.0 Å². The Labute approximate surface area is 175 Å². The van der Waals surface area contributed by atoms with Crippen LogP contribution >= 0.6 is 0 Å². The van der Waals surface area contributed by atoms with Gasteiger partial charge in [-0.05, 0) is 51.3 Å². The molecule has 0 unspecified atom stereocenters. The highest BCUT2D eigenvalue weighted by atomic mass is 32.2. The minimum absolute atomic E-state index is 0.0427. The molecule has 2 atom stereocenters. The standard InChI is InChI=1S/C19H26N6O4S/c1-11(2)22-19(26)29-14-5-3-12(7-14)16-9-18(25-24-16)23-13-4-6-15-17(8-13)30(27,28)21-10-20-15/h4,6,8-9,11-12,14,20-21H,3,5,7,10H2,1-2H3,(H,22,26)(H2,23,24,25)/t12-,14+/m0/s1. The van der Waals surface area contributed by atoms with Gasteiger partial charge in [-0.25, -0.2) is 13.2 Å². The van der Waals surface area contributed by atoms with E-state index >= 15 is 0 Å². The molecule has 1 saturated carbocycles. The van der Waals surface area contributed by atoms with Crippen molar-refractivity contribution in [1.82, 2.24) is 20.2 Å². The third-order valence-corrected chi connectivity index (χ3v) is 6.63. The normalized spacial score (nSPS) is 22.2. The summed E-state index contributed by atoms with van der Waals surface area (Å²) in [6, 6.07) is 7.05. The van der Waals surface area contributed by atoms with E-state index in [4.69, 9.17) is 4.74 Å². The van der Waals surface area contributed by atoms with Crippen molar-refractivity contribution in [3.05, 3.63) is 30.0 Å². The zero-order valence-corrected chi connectivity index (χ0v) is 17.7. The van der Waals surface area contributed by atoms with Gasteiger partial charge >= 0.3 is 6.09 Å². The molecule has 1 aliphatic heterocycles. The van der Waals surface area contributed by atoms with Crippen molar-refractivity contribution in [3.63, 3.8) is 0 Å². The Morgan fingerprint density at radius 1 is 1.27 bits per heavy atom. The maximum atomic E-state index is 12.2. The van der Waals surface area contributed by atoms with Crippen LogP contribution in [-0.4, -0.2) is 43.5 Å². The lowest BCUT2D eigenvalue weighted by atomic mass is 10.0. The number of hydrogen-bond acceptors (Lipinski definition) is 7. The molecule has 0 radical (unpaired) electrons. The van der Waals surface area contributed by atoms with Crippen LogP contribution in [0.3, 0.4) is 0 Å². The molecule has 1 aliphatic carbocycles. The van der Waals surface area contributed by atoms with Crippen molar-refractivity contribution in [1.29, 1.82) is 0 Å². The fourth-order valence-electron chi connectivity index (χ4n) is 3.78. The molecule has 11 heteroatoms. The number of ether oxygens (including phenoxy) is 1. The number of fused-ring (bicyclic) bond motifs is 1. The van der Waals surface area contributed by atoms with Crippen LogP contribution in [0.2, 0.25) is 0 Å². The van der Waals surface area contributed by atoms with E-state index in [1.54, 1.807) is 18.2 Å². The molecular formula is C19H26N6O4S. The summed E-state index contributed by atoms with van der Waals surface area (Å²) >= 11 is 0. The summed E-state index contributed by atoms with van der Waals surface area (Å²) in [4.78, 5) is 12.0. The molecule has 1 amide bonds. The van der Waals surface area contributed by atoms with Crippen molar-refractivity contribution < 1.29 is 17.9 Å². The van der Waals surface area contributed by atoms with Gasteiger partial charge in [-0.3, -0.25) is 5.10 Å². The van der Waals surface area contributed by atoms with Crippen molar-refractivity contribution in [2.24, 2.45) is 0 Å². The maximum Gasteiger partial charge on any atom is 0.407 e. The van der Waals surface area contributed by atoms with Gasteiger partial charge in [-0.1, -0.05) is 0 Å². The van der Waals surface area contributed by atoms with Crippen LogP contribution in [0.25, 0.3) is 0 Å². The molecule has 10 nitrogen and oxygen atoms in total. The molecule has 1 aromatic heterocycles. The number of alkyl carbamates (subject to hydrolysis) is 1. The molecule has 2 aromatic rings. The lowest BCUT2D eigenvalue weighted by Crippen LogP contribution is -2.34. The lowest BCUT2D eigenvalue weighted by molar-refractivity contribution is 0.0981. The predicted octanol–water partition coefficient (Wildman–Crippen LogP) is 2.59. The largest absolute Gasteiger partial charge is 0.446 e. The zero-order chi connectivity index (χ0) is 21.3. The summed E-state index contributed by atoms with van der Waals surface area (Å²) in [5.74, 6) is 0.822. The predicted molar refractivity (Wildman–Crippen MR) is 112 cm³/mol. The van der Waals surface area contributed by atoms with E-state index in [0.29, 0.717) is 17.2 Å². The second-order valence-corrected chi connectivity index (χ2v) is 9.62. The van der Waals surface area contributed by atoms with Gasteiger partial charge in [0.15, 0.2) is 5.82 Å². The number of carbonyl (C=O) groups is 1. The number of nitrogens with one attached hydrogen (secondary N) is 5. The summed E-state index contributed by atoms with van der Waals surface area (Å²) in [7, 11) is -3.52. The van der Waals surface area contributed by atoms with Crippen LogP contribution in [0, 0.1) is 0 Å². The maximum absolute atomic E-state index is 12.2. The Kier molecular flexibility index (Phi) is 5.56. The smallest absolute Gasteiger partial charge is 0.407 e. The number of benzene rings is 1. The molecule has 162 valence electrons. The van der Waals surface area contributed by atoms with E-state index in [0.717, 1.165) is 25.0 Å². The van der Waals surface area contributed by atoms with Crippen molar-refractivity contribution in [3.8, 4) is 0 Å². The number of aromatic amines is 1. The van der Waals surface area contributed by atoms with Gasteiger partial charge in [0, 0.05) is 29.4 Å². The van der Waals surface area contributed by atoms with E-state index < -0.39 is 10.0 Å². The highest BCUT2D eigenvalue weighted by Gasteiger charge is 2.30. The van der Waals surface area contributed by atoms with E-state index in [-0.39, 0.29) is 35.7 Å². The number of sulfonamides is 1. The summed E-state index contributed by atoms with van der Waals surface area (Å²) in [5.41, 5.74) is 2.15. The Morgan fingerprint density at radius 3 is 2.90 bits per heavy atom. The molecule has 4 rings (SSSR count). The van der Waals surface area contributed by atoms with E-state index in [1.165, 1.54) is 0 Å². The first-order chi connectivity index (χ1) is 14.3. The molecule has 30 heavy (non-hydrogen) atoms. The van der Waals surface area contributed by atoms with Gasteiger partial charge in [-0.2, -0.15) is 9.82 Å². The highest BCUT2D eigenvalue weighted by Crippen LogP contribution is 2.36. The molecular weight excluding hydrogens is 408 g/mol. The van der Waals surface area contributed by atoms with Crippen LogP contribution in [0.15, 0.2) is 29.2 Å². The number of nitrogens with zero attached hydrogens (tertiary/aromatic N) is 1. The molecule has 0 bridgehead atoms. The molecule has 5 N–H and O–H groups in total. The second-order valence-electron chi connectivity index (χ2n) is 7.88. The van der Waals surface area contributed by atoms with Gasteiger partial charge < -0.3 is 20.7 Å². The number of anilines is 3. The molecule has 2 heterocycles. The summed E-state index contributed by atoms with van der Waals surface area (Å²) in [6.07, 6.45) is 1.95. The lowest BCUT2D eigenvalue weighted by Gasteiger charge is -2.19. The molecule has 2 aliphatic rings. The number of aromatic nitrogens is 2. The zero-order valence-electron chi connectivity index (χ0n) is 16.9. The minimum atomic E-state index is -3.52. The Balaban J connectivity index is 1.39. The van der Waals surface area contributed by atoms with Crippen LogP contribution < -0.4 is 20.7 Å². The number of amides is 1. The number of H-pyrrole nitrogens is 1. The Bertz CT molecular complexity index is 1040. The minimum Gasteiger partial charge on any atom is -0.446 e. The average molecular weight is 435 g/mol. The summed E-state index contributed by atoms with van der Waals surface area (Å²) in [6.45, 7) is 3.96. The average Bonchev–Trinajstić information content (AvgIpc) is 3.31. The third-order valence-electron chi connectivity index (χ3n) is 5.19. The number of hydrogen-bond donors (Lipinski definition) is 5. The monoisotopic (exact) mass is 434 g/mol. The first-order valence-electron chi connectivity index (χ1n) is 9.97. The first-order valence-corrected chi connectivity index (χ1v) is 11.5. The molecule has 0 spiro atoms. The van der Waals surface area contributed by atoms with Gasteiger partial charge in [-0.15, -0.1) is 0 Å². The van der Waals surface area contributed by atoms with Gasteiger partial charge in [0.05, 0.1) is 12.4 Å². The van der Waals surface area contributed by atoms with E-state index in [2.05, 4.69) is 30.9 Å². The highest BCUT2D eigenvalue weighted by molar-refractivity contribution is 7.89. The van der Waals surface area contributed by atoms with E-state index in [1.807, 2.05) is 19.9 Å². The molecule has 1 aromatic carbocycles. The summed E-state index contributed by atoms with van der Waals surface area (Å²) in [5, 5.41) is 16.2. The van der Waals surface area contributed by atoms with Crippen molar-refractivity contribution >= 4 is 33.3 Å². The van der Waals surface area contributed by atoms with Crippen LogP contribution in [-0.2, 0) is 14.8 Å². The molecule has 1 fully saturated rings. The Morgan fingerprint density at radius 2 is 2.10 bits per heavy atom. The van der Waals surface area contributed by atoms with Crippen molar-refractivity contribution in [2.75, 3.05) is 17.3 Å². The van der Waals surface area contributed by atoms with E-state index in [9.17, 15) is 13.2 Å². The van der Waals surface area contributed by atoms with Gasteiger partial charge in [0.25, 0.3) is 0 Å².